The van der Waals surface area contributed by atoms with Gasteiger partial charge in [-0.05, 0) is 54.3 Å². The van der Waals surface area contributed by atoms with E-state index in [0.29, 0.717) is 15.6 Å². The third-order valence-corrected chi connectivity index (χ3v) is 9.50. The van der Waals surface area contributed by atoms with E-state index in [1.54, 1.807) is 24.3 Å². The number of carbonyl (C=O) groups excluding carboxylic acids is 2. The van der Waals surface area contributed by atoms with Crippen molar-refractivity contribution in [2.45, 2.75) is 50.7 Å². The number of sulfonamides is 1. The summed E-state index contributed by atoms with van der Waals surface area (Å²) in [6.45, 7) is -0.617. The molecule has 1 fully saturated rings. The van der Waals surface area contributed by atoms with Gasteiger partial charge >= 0.3 is 0 Å². The van der Waals surface area contributed by atoms with Crippen molar-refractivity contribution < 1.29 is 22.7 Å². The second kappa shape index (κ2) is 14.7. The molecule has 230 valence electrons. The van der Waals surface area contributed by atoms with Gasteiger partial charge in [0.1, 0.15) is 18.3 Å². The van der Waals surface area contributed by atoms with Crippen LogP contribution in [-0.4, -0.2) is 57.1 Å². The standard InChI is InChI=1S/C31H34Cl3N3O5S/c1-42-29-15-13-23(32)18-27(29)37(43(2,40)41)20-30(38)36(19-22-12-14-25(33)26(34)16-22)28(17-21-8-4-3-5-9-21)31(39)35-24-10-6-7-11-24/h3-5,8-9,12-16,18,24,28H,6-7,10-11,17,19-20H2,1-2H3,(H,35,39)/t28-/m0/s1. The fourth-order valence-electron chi connectivity index (χ4n) is 5.21. The van der Waals surface area contributed by atoms with Crippen LogP contribution in [0.25, 0.3) is 0 Å². The van der Waals surface area contributed by atoms with Crippen LogP contribution in [0.3, 0.4) is 0 Å². The van der Waals surface area contributed by atoms with Crippen LogP contribution in [0.2, 0.25) is 15.1 Å². The number of halogens is 3. The minimum Gasteiger partial charge on any atom is -0.495 e. The zero-order valence-corrected chi connectivity index (χ0v) is 27.0. The van der Waals surface area contributed by atoms with Crippen molar-refractivity contribution in [1.82, 2.24) is 10.2 Å². The molecule has 0 saturated heterocycles. The largest absolute Gasteiger partial charge is 0.495 e. The lowest BCUT2D eigenvalue weighted by Crippen LogP contribution is -2.54. The second-order valence-electron chi connectivity index (χ2n) is 10.6. The molecule has 3 aromatic carbocycles. The molecule has 0 spiro atoms. The first-order chi connectivity index (χ1) is 20.5. The molecular weight excluding hydrogens is 633 g/mol. The van der Waals surface area contributed by atoms with E-state index in [2.05, 4.69) is 5.32 Å². The topological polar surface area (TPSA) is 96.0 Å². The third kappa shape index (κ3) is 8.79. The lowest BCUT2D eigenvalue weighted by Gasteiger charge is -2.34. The molecular formula is C31H34Cl3N3O5S. The number of hydrogen-bond acceptors (Lipinski definition) is 5. The van der Waals surface area contributed by atoms with Gasteiger partial charge < -0.3 is 15.0 Å². The van der Waals surface area contributed by atoms with Crippen molar-refractivity contribution >= 4 is 62.3 Å². The monoisotopic (exact) mass is 665 g/mol. The number of nitrogens with zero attached hydrogens (tertiary/aromatic N) is 2. The molecule has 1 N–H and O–H groups in total. The highest BCUT2D eigenvalue weighted by atomic mass is 35.5. The zero-order valence-electron chi connectivity index (χ0n) is 23.9. The molecule has 43 heavy (non-hydrogen) atoms. The molecule has 0 radical (unpaired) electrons. The fraction of sp³-hybridized carbons (Fsp3) is 0.355. The number of benzene rings is 3. The molecule has 0 aromatic heterocycles. The van der Waals surface area contributed by atoms with Gasteiger partial charge in [-0.25, -0.2) is 8.42 Å². The van der Waals surface area contributed by atoms with Crippen LogP contribution in [0.15, 0.2) is 66.7 Å². The number of anilines is 1. The summed E-state index contributed by atoms with van der Waals surface area (Å²) in [5.74, 6) is -0.685. The Morgan fingerprint density at radius 3 is 2.28 bits per heavy atom. The molecule has 8 nitrogen and oxygen atoms in total. The average molecular weight is 667 g/mol. The first kappa shape index (κ1) is 32.9. The fourth-order valence-corrected chi connectivity index (χ4v) is 6.54. The SMILES string of the molecule is COc1ccc(Cl)cc1N(CC(=O)N(Cc1ccc(Cl)c(Cl)c1)[C@@H](Cc1ccccc1)C(=O)NC1CCCC1)S(C)(=O)=O. The van der Waals surface area contributed by atoms with Gasteiger partial charge in [0.25, 0.3) is 0 Å². The highest BCUT2D eigenvalue weighted by Crippen LogP contribution is 2.33. The van der Waals surface area contributed by atoms with Crippen LogP contribution in [0, 0.1) is 0 Å². The number of amides is 2. The van der Waals surface area contributed by atoms with E-state index in [1.807, 2.05) is 30.3 Å². The van der Waals surface area contributed by atoms with E-state index < -0.39 is 28.5 Å². The summed E-state index contributed by atoms with van der Waals surface area (Å²) in [7, 11) is -2.60. The first-order valence-electron chi connectivity index (χ1n) is 13.8. The van der Waals surface area contributed by atoms with Crippen LogP contribution in [0.4, 0.5) is 5.69 Å². The molecule has 1 aliphatic carbocycles. The summed E-state index contributed by atoms with van der Waals surface area (Å²) in [6.07, 6.45) is 4.97. The van der Waals surface area contributed by atoms with Gasteiger partial charge in [-0.3, -0.25) is 13.9 Å². The molecule has 0 bridgehead atoms. The molecule has 1 aliphatic rings. The van der Waals surface area contributed by atoms with Crippen molar-refractivity contribution in [3.8, 4) is 5.75 Å². The van der Waals surface area contributed by atoms with Gasteiger partial charge in [0.05, 0.1) is 29.1 Å². The maximum Gasteiger partial charge on any atom is 0.244 e. The molecule has 1 atom stereocenters. The van der Waals surface area contributed by atoms with Gasteiger partial charge in [-0.15, -0.1) is 0 Å². The molecule has 1 saturated carbocycles. The van der Waals surface area contributed by atoms with Crippen LogP contribution in [0.1, 0.15) is 36.8 Å². The van der Waals surface area contributed by atoms with E-state index in [9.17, 15) is 18.0 Å². The third-order valence-electron chi connectivity index (χ3n) is 7.40. The number of rotatable bonds is 12. The molecule has 4 rings (SSSR count). The Morgan fingerprint density at radius 1 is 0.953 bits per heavy atom. The van der Waals surface area contributed by atoms with Crippen LogP contribution in [-0.2, 0) is 32.6 Å². The Morgan fingerprint density at radius 2 is 1.65 bits per heavy atom. The van der Waals surface area contributed by atoms with Crippen molar-refractivity contribution in [1.29, 1.82) is 0 Å². The molecule has 2 amide bonds. The molecule has 0 unspecified atom stereocenters. The molecule has 3 aromatic rings. The van der Waals surface area contributed by atoms with E-state index in [-0.39, 0.29) is 41.4 Å². The zero-order chi connectivity index (χ0) is 31.1. The highest BCUT2D eigenvalue weighted by molar-refractivity contribution is 7.92. The van der Waals surface area contributed by atoms with Crippen molar-refractivity contribution in [3.05, 3.63) is 92.9 Å². The second-order valence-corrected chi connectivity index (χ2v) is 13.7. The summed E-state index contributed by atoms with van der Waals surface area (Å²) >= 11 is 18.7. The van der Waals surface area contributed by atoms with Gasteiger partial charge in [0.15, 0.2) is 0 Å². The Hall–Kier alpha value is -2.98. The number of ether oxygens (including phenoxy) is 1. The summed E-state index contributed by atoms with van der Waals surface area (Å²) in [6, 6.07) is 17.9. The first-order valence-corrected chi connectivity index (χ1v) is 16.8. The Kier molecular flexibility index (Phi) is 11.2. The van der Waals surface area contributed by atoms with Crippen molar-refractivity contribution in [2.75, 3.05) is 24.2 Å². The lowest BCUT2D eigenvalue weighted by atomic mass is 10.0. The minimum atomic E-state index is -4.00. The van der Waals surface area contributed by atoms with Crippen LogP contribution in [0.5, 0.6) is 5.75 Å². The van der Waals surface area contributed by atoms with Crippen LogP contribution < -0.4 is 14.4 Å². The average Bonchev–Trinajstić information content (AvgIpc) is 3.48. The van der Waals surface area contributed by atoms with Crippen LogP contribution >= 0.6 is 34.8 Å². The minimum absolute atomic E-state index is 0.0101. The predicted molar refractivity (Wildman–Crippen MR) is 172 cm³/mol. The quantitative estimate of drug-likeness (QED) is 0.251. The van der Waals surface area contributed by atoms with Gasteiger partial charge in [0, 0.05) is 24.0 Å². The number of nitrogens with one attached hydrogen (secondary N) is 1. The van der Waals surface area contributed by atoms with Crippen molar-refractivity contribution in [2.24, 2.45) is 0 Å². The van der Waals surface area contributed by atoms with Gasteiger partial charge in [-0.1, -0.05) is 84.0 Å². The lowest BCUT2D eigenvalue weighted by molar-refractivity contribution is -0.140. The summed E-state index contributed by atoms with van der Waals surface area (Å²) in [4.78, 5) is 29.6. The highest BCUT2D eigenvalue weighted by Gasteiger charge is 2.35. The Bertz CT molecular complexity index is 1550. The number of methoxy groups -OCH3 is 1. The van der Waals surface area contributed by atoms with E-state index in [4.69, 9.17) is 39.5 Å². The van der Waals surface area contributed by atoms with E-state index >= 15 is 0 Å². The van der Waals surface area contributed by atoms with Gasteiger partial charge in [0.2, 0.25) is 21.8 Å². The number of hydrogen-bond donors (Lipinski definition) is 1. The van der Waals surface area contributed by atoms with E-state index in [1.165, 1.54) is 24.1 Å². The maximum atomic E-state index is 14.3. The molecule has 0 aliphatic heterocycles. The number of carbonyl (C=O) groups is 2. The van der Waals surface area contributed by atoms with E-state index in [0.717, 1.165) is 41.8 Å². The van der Waals surface area contributed by atoms with Crippen molar-refractivity contribution in [3.63, 3.8) is 0 Å². The molecule has 0 heterocycles. The predicted octanol–water partition coefficient (Wildman–Crippen LogP) is 6.12. The summed E-state index contributed by atoms with van der Waals surface area (Å²) in [5, 5.41) is 4.04. The Labute approximate surface area is 267 Å². The smallest absolute Gasteiger partial charge is 0.244 e. The maximum absolute atomic E-state index is 14.3. The Balaban J connectivity index is 1.77. The normalized spacial score (nSPS) is 14.3. The van der Waals surface area contributed by atoms with Gasteiger partial charge in [-0.2, -0.15) is 0 Å². The summed E-state index contributed by atoms with van der Waals surface area (Å²) in [5.41, 5.74) is 1.58. The summed E-state index contributed by atoms with van der Waals surface area (Å²) < 4.78 is 32.5. The molecule has 12 heteroatoms.